The number of hydrogen-bond donors (Lipinski definition) is 0. The second kappa shape index (κ2) is 8.28. The summed E-state index contributed by atoms with van der Waals surface area (Å²) in [6, 6.07) is 15.0. The van der Waals surface area contributed by atoms with Crippen LogP contribution in [0, 0.1) is 12.8 Å². The number of imidazole rings is 1. The SMILES string of the molecule is CCOC(=O)[C@@H]1C(=O)N(CCOC)c2nc3ccccc3n2[C@@H]1c1ccccc1C. The molecule has 2 atom stereocenters. The molecule has 1 aliphatic heterocycles. The number of ether oxygens (including phenoxy) is 2. The first-order valence-electron chi connectivity index (χ1n) is 10.1. The zero-order valence-corrected chi connectivity index (χ0v) is 17.4. The maximum Gasteiger partial charge on any atom is 0.321 e. The first-order chi connectivity index (χ1) is 14.6. The molecule has 4 rings (SSSR count). The van der Waals surface area contributed by atoms with E-state index in [4.69, 9.17) is 14.5 Å². The zero-order chi connectivity index (χ0) is 21.3. The predicted molar refractivity (Wildman–Crippen MR) is 113 cm³/mol. The summed E-state index contributed by atoms with van der Waals surface area (Å²) in [6.45, 7) is 4.57. The molecule has 0 saturated carbocycles. The monoisotopic (exact) mass is 407 g/mol. The highest BCUT2D eigenvalue weighted by molar-refractivity contribution is 6.08. The number of amides is 1. The van der Waals surface area contributed by atoms with E-state index in [0.717, 1.165) is 22.2 Å². The number of aryl methyl sites for hydroxylation is 1. The molecule has 0 fully saturated rings. The van der Waals surface area contributed by atoms with Crippen molar-refractivity contribution in [1.82, 2.24) is 9.55 Å². The lowest BCUT2D eigenvalue weighted by molar-refractivity contribution is -0.153. The molecule has 0 unspecified atom stereocenters. The van der Waals surface area contributed by atoms with E-state index in [2.05, 4.69) is 0 Å². The van der Waals surface area contributed by atoms with Crippen LogP contribution < -0.4 is 4.90 Å². The molecule has 0 bridgehead atoms. The molecule has 0 saturated heterocycles. The van der Waals surface area contributed by atoms with Crippen molar-refractivity contribution in [3.05, 3.63) is 59.7 Å². The molecule has 2 heterocycles. The number of esters is 1. The summed E-state index contributed by atoms with van der Waals surface area (Å²) in [6.07, 6.45) is 0. The third kappa shape index (κ3) is 3.25. The van der Waals surface area contributed by atoms with Crippen molar-refractivity contribution >= 4 is 28.9 Å². The van der Waals surface area contributed by atoms with Gasteiger partial charge in [0.15, 0.2) is 5.92 Å². The van der Waals surface area contributed by atoms with Gasteiger partial charge in [-0.25, -0.2) is 4.98 Å². The van der Waals surface area contributed by atoms with E-state index >= 15 is 0 Å². The number of methoxy groups -OCH3 is 1. The summed E-state index contributed by atoms with van der Waals surface area (Å²) in [5.74, 6) is -1.33. The molecule has 0 N–H and O–H groups in total. The van der Waals surface area contributed by atoms with Gasteiger partial charge in [-0.2, -0.15) is 0 Å². The summed E-state index contributed by atoms with van der Waals surface area (Å²) in [4.78, 5) is 32.9. The Hall–Kier alpha value is -3.19. The summed E-state index contributed by atoms with van der Waals surface area (Å²) in [5.41, 5.74) is 3.54. The van der Waals surface area contributed by atoms with E-state index in [1.54, 1.807) is 18.9 Å². The molecule has 156 valence electrons. The molecule has 1 amide bonds. The van der Waals surface area contributed by atoms with Crippen molar-refractivity contribution in [2.75, 3.05) is 31.8 Å². The third-order valence-electron chi connectivity index (χ3n) is 5.51. The minimum absolute atomic E-state index is 0.207. The molecular weight excluding hydrogens is 382 g/mol. The highest BCUT2D eigenvalue weighted by Crippen LogP contribution is 2.41. The molecule has 7 nitrogen and oxygen atoms in total. The van der Waals surface area contributed by atoms with Gasteiger partial charge >= 0.3 is 5.97 Å². The van der Waals surface area contributed by atoms with Crippen molar-refractivity contribution in [2.45, 2.75) is 19.9 Å². The minimum atomic E-state index is -1.01. The van der Waals surface area contributed by atoms with Crippen LogP contribution in [-0.2, 0) is 19.1 Å². The second-order valence-electron chi connectivity index (χ2n) is 7.28. The van der Waals surface area contributed by atoms with E-state index in [1.165, 1.54) is 0 Å². The lowest BCUT2D eigenvalue weighted by Crippen LogP contribution is -2.51. The van der Waals surface area contributed by atoms with Crippen LogP contribution in [0.2, 0.25) is 0 Å². The molecule has 0 radical (unpaired) electrons. The van der Waals surface area contributed by atoms with Gasteiger partial charge in [-0.3, -0.25) is 14.5 Å². The van der Waals surface area contributed by atoms with Gasteiger partial charge in [-0.15, -0.1) is 0 Å². The molecule has 0 spiro atoms. The van der Waals surface area contributed by atoms with E-state index in [-0.39, 0.29) is 12.5 Å². The van der Waals surface area contributed by atoms with Crippen LogP contribution in [0.25, 0.3) is 11.0 Å². The minimum Gasteiger partial charge on any atom is -0.465 e. The van der Waals surface area contributed by atoms with Crippen LogP contribution in [0.3, 0.4) is 0 Å². The van der Waals surface area contributed by atoms with Crippen LogP contribution in [0.5, 0.6) is 0 Å². The smallest absolute Gasteiger partial charge is 0.321 e. The van der Waals surface area contributed by atoms with Crippen molar-refractivity contribution in [2.24, 2.45) is 5.92 Å². The summed E-state index contributed by atoms with van der Waals surface area (Å²) < 4.78 is 12.6. The van der Waals surface area contributed by atoms with Crippen LogP contribution in [0.4, 0.5) is 5.95 Å². The van der Waals surface area contributed by atoms with E-state index < -0.39 is 17.9 Å². The molecule has 2 aromatic carbocycles. The predicted octanol–water partition coefficient (Wildman–Crippen LogP) is 3.11. The first kappa shape index (κ1) is 20.1. The maximum absolute atomic E-state index is 13.6. The fourth-order valence-corrected chi connectivity index (χ4v) is 4.14. The molecule has 1 aromatic heterocycles. The summed E-state index contributed by atoms with van der Waals surface area (Å²) >= 11 is 0. The van der Waals surface area contributed by atoms with E-state index in [0.29, 0.717) is 19.1 Å². The number of carbonyl (C=O) groups is 2. The number of anilines is 1. The van der Waals surface area contributed by atoms with Gasteiger partial charge in [-0.1, -0.05) is 36.4 Å². The Balaban J connectivity index is 2.00. The van der Waals surface area contributed by atoms with Gasteiger partial charge in [0.2, 0.25) is 11.9 Å². The Morgan fingerprint density at radius 3 is 2.60 bits per heavy atom. The van der Waals surface area contributed by atoms with Crippen LogP contribution in [0.15, 0.2) is 48.5 Å². The number of fused-ring (bicyclic) bond motifs is 3. The van der Waals surface area contributed by atoms with Gasteiger partial charge in [0, 0.05) is 7.11 Å². The Morgan fingerprint density at radius 1 is 1.13 bits per heavy atom. The van der Waals surface area contributed by atoms with Crippen molar-refractivity contribution in [3.8, 4) is 0 Å². The molecule has 30 heavy (non-hydrogen) atoms. The highest BCUT2D eigenvalue weighted by atomic mass is 16.5. The highest BCUT2D eigenvalue weighted by Gasteiger charge is 2.48. The number of para-hydroxylation sites is 2. The lowest BCUT2D eigenvalue weighted by atomic mass is 9.87. The van der Waals surface area contributed by atoms with Gasteiger partial charge in [0.25, 0.3) is 0 Å². The number of nitrogens with zero attached hydrogens (tertiary/aromatic N) is 3. The van der Waals surface area contributed by atoms with Crippen molar-refractivity contribution < 1.29 is 19.1 Å². The van der Waals surface area contributed by atoms with Crippen LogP contribution in [-0.4, -0.2) is 48.3 Å². The van der Waals surface area contributed by atoms with Crippen molar-refractivity contribution in [1.29, 1.82) is 0 Å². The Labute approximate surface area is 175 Å². The molecule has 7 heteroatoms. The van der Waals surface area contributed by atoms with E-state index in [9.17, 15) is 9.59 Å². The topological polar surface area (TPSA) is 73.7 Å². The molecule has 1 aliphatic rings. The molecular formula is C23H25N3O4. The summed E-state index contributed by atoms with van der Waals surface area (Å²) in [7, 11) is 1.58. The average Bonchev–Trinajstić information content (AvgIpc) is 3.12. The van der Waals surface area contributed by atoms with Crippen LogP contribution >= 0.6 is 0 Å². The third-order valence-corrected chi connectivity index (χ3v) is 5.51. The molecule has 3 aromatic rings. The maximum atomic E-state index is 13.6. The van der Waals surface area contributed by atoms with Crippen LogP contribution in [0.1, 0.15) is 24.1 Å². The molecule has 0 aliphatic carbocycles. The summed E-state index contributed by atoms with van der Waals surface area (Å²) in [5, 5.41) is 0. The van der Waals surface area contributed by atoms with E-state index in [1.807, 2.05) is 60.0 Å². The Kier molecular flexibility index (Phi) is 5.55. The first-order valence-corrected chi connectivity index (χ1v) is 10.1. The Bertz CT molecular complexity index is 1090. The number of carbonyl (C=O) groups excluding carboxylic acids is 2. The zero-order valence-electron chi connectivity index (χ0n) is 17.4. The second-order valence-corrected chi connectivity index (χ2v) is 7.28. The number of rotatable bonds is 6. The quantitative estimate of drug-likeness (QED) is 0.464. The standard InChI is InChI=1S/C23H25N3O4/c1-4-30-22(28)19-20(16-10-6-5-9-15(16)2)26-18-12-8-7-11-17(18)24-23(26)25(21(19)27)13-14-29-3/h5-12,19-20H,4,13-14H2,1-3H3/t19-,20+/m0/s1. The number of hydrogen-bond acceptors (Lipinski definition) is 5. The Morgan fingerprint density at radius 2 is 1.87 bits per heavy atom. The van der Waals surface area contributed by atoms with Gasteiger partial charge in [0.1, 0.15) is 0 Å². The fraction of sp³-hybridized carbons (Fsp3) is 0.348. The number of aromatic nitrogens is 2. The van der Waals surface area contributed by atoms with Gasteiger partial charge in [0.05, 0.1) is 36.8 Å². The fourth-order valence-electron chi connectivity index (χ4n) is 4.14. The lowest BCUT2D eigenvalue weighted by Gasteiger charge is -2.38. The van der Waals surface area contributed by atoms with Crippen molar-refractivity contribution in [3.63, 3.8) is 0 Å². The van der Waals surface area contributed by atoms with Gasteiger partial charge in [-0.05, 0) is 37.1 Å². The largest absolute Gasteiger partial charge is 0.465 e. The normalized spacial score (nSPS) is 18.5. The van der Waals surface area contributed by atoms with Gasteiger partial charge < -0.3 is 14.0 Å². The number of benzene rings is 2. The average molecular weight is 407 g/mol.